The molecule has 1 N–H and O–H groups in total. The number of hydrazone groups is 1. The van der Waals surface area contributed by atoms with Crippen LogP contribution >= 0.6 is 15.9 Å². The van der Waals surface area contributed by atoms with E-state index in [9.17, 15) is 4.79 Å². The molecule has 5 heteroatoms. The molecule has 0 unspecified atom stereocenters. The fourth-order valence-electron chi connectivity index (χ4n) is 1.50. The Hall–Kier alpha value is -2.01. The van der Waals surface area contributed by atoms with E-state index in [1.54, 1.807) is 24.4 Å². The molecule has 0 aliphatic heterocycles. The normalized spacial score (nSPS) is 11.2. The van der Waals surface area contributed by atoms with Gasteiger partial charge in [0.2, 0.25) is 0 Å². The van der Waals surface area contributed by atoms with Gasteiger partial charge in [-0.2, -0.15) is 5.10 Å². The van der Waals surface area contributed by atoms with E-state index in [4.69, 9.17) is 0 Å². The summed E-state index contributed by atoms with van der Waals surface area (Å²) < 4.78 is 0.934. The first-order chi connectivity index (χ1) is 9.18. The molecule has 0 aliphatic rings. The van der Waals surface area contributed by atoms with E-state index in [1.165, 1.54) is 0 Å². The average Bonchev–Trinajstić information content (AvgIpc) is 2.46. The van der Waals surface area contributed by atoms with Gasteiger partial charge in [0.15, 0.2) is 0 Å². The van der Waals surface area contributed by atoms with E-state index < -0.39 is 0 Å². The smallest absolute Gasteiger partial charge is 0.266 e. The number of rotatable bonds is 3. The van der Waals surface area contributed by atoms with Gasteiger partial charge in [-0.25, -0.2) is 5.43 Å². The first kappa shape index (κ1) is 13.4. The molecule has 0 spiro atoms. The van der Waals surface area contributed by atoms with Crippen LogP contribution in [0.1, 0.15) is 23.0 Å². The molecule has 4 nitrogen and oxygen atoms in total. The predicted molar refractivity (Wildman–Crippen MR) is 78.1 cm³/mol. The number of carbonyl (C=O) groups excluding carboxylic acids is 1. The first-order valence-electron chi connectivity index (χ1n) is 5.69. The summed E-state index contributed by atoms with van der Waals surface area (Å²) in [5, 5.41) is 4.08. The van der Waals surface area contributed by atoms with Crippen LogP contribution in [-0.2, 0) is 0 Å². The fourth-order valence-corrected chi connectivity index (χ4v) is 2.08. The number of nitrogens with zero attached hydrogens (tertiary/aromatic N) is 2. The van der Waals surface area contributed by atoms with E-state index in [0.29, 0.717) is 5.69 Å². The summed E-state index contributed by atoms with van der Waals surface area (Å²) in [5.41, 5.74) is 4.48. The quantitative estimate of drug-likeness (QED) is 0.699. The number of halogens is 1. The Bertz CT molecular complexity index is 611. The van der Waals surface area contributed by atoms with Crippen LogP contribution in [0.3, 0.4) is 0 Å². The highest BCUT2D eigenvalue weighted by atomic mass is 79.9. The molecule has 0 aliphatic carbocycles. The molecule has 2 aromatic rings. The van der Waals surface area contributed by atoms with Crippen LogP contribution in [0, 0.1) is 0 Å². The summed E-state index contributed by atoms with van der Waals surface area (Å²) in [7, 11) is 0. The third-order valence-corrected chi connectivity index (χ3v) is 3.18. The lowest BCUT2D eigenvalue weighted by Gasteiger charge is -2.04. The summed E-state index contributed by atoms with van der Waals surface area (Å²) >= 11 is 3.44. The van der Waals surface area contributed by atoms with Gasteiger partial charge in [-0.05, 0) is 25.1 Å². The van der Waals surface area contributed by atoms with E-state index in [0.717, 1.165) is 15.7 Å². The molecular weight excluding hydrogens is 306 g/mol. The van der Waals surface area contributed by atoms with Crippen LogP contribution < -0.4 is 5.43 Å². The number of nitrogens with one attached hydrogen (secondary N) is 1. The van der Waals surface area contributed by atoms with Gasteiger partial charge in [0, 0.05) is 16.2 Å². The number of benzene rings is 1. The second kappa shape index (κ2) is 6.24. The zero-order valence-corrected chi connectivity index (χ0v) is 11.9. The molecule has 96 valence electrons. The van der Waals surface area contributed by atoms with Gasteiger partial charge in [0.1, 0.15) is 5.69 Å². The third-order valence-electron chi connectivity index (χ3n) is 2.49. The molecule has 1 aromatic carbocycles. The van der Waals surface area contributed by atoms with Crippen LogP contribution in [-0.4, -0.2) is 16.6 Å². The Kier molecular flexibility index (Phi) is 4.41. The maximum Gasteiger partial charge on any atom is 0.289 e. The van der Waals surface area contributed by atoms with Crippen molar-refractivity contribution in [3.05, 3.63) is 64.4 Å². The highest BCUT2D eigenvalue weighted by Crippen LogP contribution is 2.16. The summed E-state index contributed by atoms with van der Waals surface area (Å²) in [6.45, 7) is 1.83. The van der Waals surface area contributed by atoms with Gasteiger partial charge in [-0.1, -0.05) is 40.2 Å². The van der Waals surface area contributed by atoms with Crippen molar-refractivity contribution in [2.75, 3.05) is 0 Å². The van der Waals surface area contributed by atoms with Crippen molar-refractivity contribution in [2.45, 2.75) is 6.92 Å². The molecule has 0 saturated carbocycles. The summed E-state index contributed by atoms with van der Waals surface area (Å²) in [4.78, 5) is 15.7. The van der Waals surface area contributed by atoms with Crippen LogP contribution in [0.15, 0.2) is 58.2 Å². The molecule has 0 radical (unpaired) electrons. The second-order valence-electron chi connectivity index (χ2n) is 3.83. The minimum Gasteiger partial charge on any atom is -0.266 e. The predicted octanol–water partition coefficient (Wildman–Crippen LogP) is 3.00. The van der Waals surface area contributed by atoms with Gasteiger partial charge >= 0.3 is 0 Å². The standard InChI is InChI=1S/C14H12BrN3O/c1-10(11-6-2-3-7-12(11)15)17-18-14(19)13-8-4-5-9-16-13/h2-9H,1H3,(H,18,19)/b17-10-. The molecule has 2 rings (SSSR count). The molecule has 0 bridgehead atoms. The Morgan fingerprint density at radius 1 is 1.21 bits per heavy atom. The highest BCUT2D eigenvalue weighted by Gasteiger charge is 2.06. The Balaban J connectivity index is 2.11. The Labute approximate surface area is 119 Å². The molecular formula is C14H12BrN3O. The van der Waals surface area contributed by atoms with Crippen molar-refractivity contribution in [3.63, 3.8) is 0 Å². The Morgan fingerprint density at radius 3 is 2.63 bits per heavy atom. The molecule has 1 heterocycles. The number of hydrogen-bond acceptors (Lipinski definition) is 3. The summed E-state index contributed by atoms with van der Waals surface area (Å²) in [6.07, 6.45) is 1.57. The minimum absolute atomic E-state index is 0.327. The fraction of sp³-hybridized carbons (Fsp3) is 0.0714. The number of hydrogen-bond donors (Lipinski definition) is 1. The maximum absolute atomic E-state index is 11.8. The summed E-state index contributed by atoms with van der Waals surface area (Å²) in [5.74, 6) is -0.327. The molecule has 1 amide bonds. The second-order valence-corrected chi connectivity index (χ2v) is 4.69. The lowest BCUT2D eigenvalue weighted by molar-refractivity contribution is 0.0950. The Morgan fingerprint density at radius 2 is 1.95 bits per heavy atom. The first-order valence-corrected chi connectivity index (χ1v) is 6.48. The van der Waals surface area contributed by atoms with Crippen molar-refractivity contribution in [3.8, 4) is 0 Å². The molecule has 1 aromatic heterocycles. The van der Waals surface area contributed by atoms with Crippen LogP contribution in [0.5, 0.6) is 0 Å². The van der Waals surface area contributed by atoms with E-state index >= 15 is 0 Å². The van der Waals surface area contributed by atoms with E-state index in [2.05, 4.69) is 31.4 Å². The van der Waals surface area contributed by atoms with Gasteiger partial charge < -0.3 is 0 Å². The number of pyridine rings is 1. The van der Waals surface area contributed by atoms with Gasteiger partial charge in [-0.3, -0.25) is 9.78 Å². The molecule has 0 fully saturated rings. The van der Waals surface area contributed by atoms with Crippen LogP contribution in [0.2, 0.25) is 0 Å². The summed E-state index contributed by atoms with van der Waals surface area (Å²) in [6, 6.07) is 12.8. The number of carbonyl (C=O) groups is 1. The van der Waals surface area contributed by atoms with Crippen molar-refractivity contribution in [1.29, 1.82) is 0 Å². The van der Waals surface area contributed by atoms with Gasteiger partial charge in [-0.15, -0.1) is 0 Å². The van der Waals surface area contributed by atoms with Gasteiger partial charge in [0.05, 0.1) is 5.71 Å². The van der Waals surface area contributed by atoms with Crippen molar-refractivity contribution < 1.29 is 4.79 Å². The number of amides is 1. The molecule has 0 atom stereocenters. The van der Waals surface area contributed by atoms with Crippen LogP contribution in [0.4, 0.5) is 0 Å². The largest absolute Gasteiger partial charge is 0.289 e. The zero-order chi connectivity index (χ0) is 13.7. The van der Waals surface area contributed by atoms with Crippen molar-refractivity contribution >= 4 is 27.5 Å². The lowest BCUT2D eigenvalue weighted by atomic mass is 10.1. The topological polar surface area (TPSA) is 54.4 Å². The zero-order valence-electron chi connectivity index (χ0n) is 10.3. The van der Waals surface area contributed by atoms with E-state index in [1.807, 2.05) is 31.2 Å². The third kappa shape index (κ3) is 3.48. The monoisotopic (exact) mass is 317 g/mol. The average molecular weight is 318 g/mol. The van der Waals surface area contributed by atoms with Crippen molar-refractivity contribution in [2.24, 2.45) is 5.10 Å². The molecule has 0 saturated heterocycles. The number of aromatic nitrogens is 1. The van der Waals surface area contributed by atoms with Crippen LogP contribution in [0.25, 0.3) is 0 Å². The maximum atomic E-state index is 11.8. The van der Waals surface area contributed by atoms with E-state index in [-0.39, 0.29) is 5.91 Å². The van der Waals surface area contributed by atoms with Gasteiger partial charge in [0.25, 0.3) is 5.91 Å². The molecule has 19 heavy (non-hydrogen) atoms. The van der Waals surface area contributed by atoms with Crippen molar-refractivity contribution in [1.82, 2.24) is 10.4 Å². The lowest BCUT2D eigenvalue weighted by Crippen LogP contribution is -2.20. The minimum atomic E-state index is -0.327. The highest BCUT2D eigenvalue weighted by molar-refractivity contribution is 9.10. The SMILES string of the molecule is C/C(=N/NC(=O)c1ccccn1)c1ccccc1Br.